The minimum absolute atomic E-state index is 0.0161. The smallest absolute Gasteiger partial charge is 0.237 e. The molecular weight excluding hydrogens is 260 g/mol. The van der Waals surface area contributed by atoms with Gasteiger partial charge in [0.1, 0.15) is 0 Å². The first-order valence-corrected chi connectivity index (χ1v) is 8.41. The van der Waals surface area contributed by atoms with Crippen LogP contribution in [0.2, 0.25) is 0 Å². The number of nitrogens with zero attached hydrogens (tertiary/aromatic N) is 2. The van der Waals surface area contributed by atoms with Gasteiger partial charge in [-0.15, -0.1) is 0 Å². The van der Waals surface area contributed by atoms with E-state index < -0.39 is 0 Å². The third kappa shape index (κ3) is 5.30. The average Bonchev–Trinajstić information content (AvgIpc) is 2.46. The van der Waals surface area contributed by atoms with Crippen molar-refractivity contribution in [2.75, 3.05) is 64.4 Å². The second-order valence-electron chi connectivity index (χ2n) is 5.37. The van der Waals surface area contributed by atoms with E-state index in [9.17, 15) is 4.79 Å². The molecule has 2 N–H and O–H groups in total. The first-order valence-electron chi connectivity index (χ1n) is 7.25. The second kappa shape index (κ2) is 8.09. The SMILES string of the molecule is CN1CCN(CCCNC(=O)C2CSCCN2)CC1. The molecule has 0 aromatic heterocycles. The predicted molar refractivity (Wildman–Crippen MR) is 80.7 cm³/mol. The highest BCUT2D eigenvalue weighted by molar-refractivity contribution is 7.99. The second-order valence-corrected chi connectivity index (χ2v) is 6.52. The summed E-state index contributed by atoms with van der Waals surface area (Å²) in [5.41, 5.74) is 0. The molecule has 0 saturated carbocycles. The Hall–Kier alpha value is -0.300. The van der Waals surface area contributed by atoms with Gasteiger partial charge in [0.2, 0.25) is 5.91 Å². The van der Waals surface area contributed by atoms with Crippen molar-refractivity contribution in [2.24, 2.45) is 0 Å². The largest absolute Gasteiger partial charge is 0.355 e. The molecule has 0 spiro atoms. The fourth-order valence-corrected chi connectivity index (χ4v) is 3.38. The molecule has 6 heteroatoms. The van der Waals surface area contributed by atoms with E-state index in [1.807, 2.05) is 11.8 Å². The standard InChI is InChI=1S/C13H26N4OS/c1-16-6-8-17(9-7-16)5-2-3-15-13(18)12-11-19-10-4-14-12/h12,14H,2-11H2,1H3,(H,15,18). The summed E-state index contributed by atoms with van der Waals surface area (Å²) in [5.74, 6) is 2.20. The summed E-state index contributed by atoms with van der Waals surface area (Å²) in [5, 5.41) is 6.31. The third-order valence-corrected chi connectivity index (χ3v) is 4.85. The highest BCUT2D eigenvalue weighted by atomic mass is 32.2. The summed E-state index contributed by atoms with van der Waals surface area (Å²) in [6.07, 6.45) is 1.05. The number of piperazine rings is 1. The number of nitrogens with one attached hydrogen (secondary N) is 2. The molecule has 2 fully saturated rings. The van der Waals surface area contributed by atoms with Gasteiger partial charge in [0.25, 0.3) is 0 Å². The molecule has 0 aliphatic carbocycles. The van der Waals surface area contributed by atoms with Crippen molar-refractivity contribution in [3.8, 4) is 0 Å². The molecule has 2 rings (SSSR count). The molecular formula is C13H26N4OS. The van der Waals surface area contributed by atoms with Crippen molar-refractivity contribution in [3.63, 3.8) is 0 Å². The predicted octanol–water partition coefficient (Wildman–Crippen LogP) is -0.555. The van der Waals surface area contributed by atoms with Crippen LogP contribution in [-0.2, 0) is 4.79 Å². The number of rotatable bonds is 5. The summed E-state index contributed by atoms with van der Waals surface area (Å²) in [6, 6.07) is 0.0161. The van der Waals surface area contributed by atoms with E-state index in [2.05, 4.69) is 27.5 Å². The Kier molecular flexibility index (Phi) is 6.43. The maximum absolute atomic E-state index is 11.9. The fraction of sp³-hybridized carbons (Fsp3) is 0.923. The molecule has 0 radical (unpaired) electrons. The van der Waals surface area contributed by atoms with Gasteiger partial charge < -0.3 is 20.4 Å². The van der Waals surface area contributed by atoms with Crippen molar-refractivity contribution in [2.45, 2.75) is 12.5 Å². The first kappa shape index (κ1) is 15.1. The van der Waals surface area contributed by atoms with E-state index in [0.717, 1.165) is 63.7 Å². The van der Waals surface area contributed by atoms with Crippen LogP contribution >= 0.6 is 11.8 Å². The van der Waals surface area contributed by atoms with Crippen molar-refractivity contribution in [1.82, 2.24) is 20.4 Å². The van der Waals surface area contributed by atoms with Crippen LogP contribution in [-0.4, -0.2) is 86.1 Å². The number of hydrogen-bond acceptors (Lipinski definition) is 5. The number of hydrogen-bond donors (Lipinski definition) is 2. The molecule has 19 heavy (non-hydrogen) atoms. The lowest BCUT2D eigenvalue weighted by Gasteiger charge is -2.32. The van der Waals surface area contributed by atoms with Crippen LogP contribution in [0.1, 0.15) is 6.42 Å². The number of likely N-dealkylation sites (N-methyl/N-ethyl adjacent to an activating group) is 1. The van der Waals surface area contributed by atoms with Crippen LogP contribution in [0.25, 0.3) is 0 Å². The molecule has 0 bridgehead atoms. The van der Waals surface area contributed by atoms with E-state index in [-0.39, 0.29) is 11.9 Å². The molecule has 5 nitrogen and oxygen atoms in total. The summed E-state index contributed by atoms with van der Waals surface area (Å²) < 4.78 is 0. The summed E-state index contributed by atoms with van der Waals surface area (Å²) in [4.78, 5) is 16.7. The highest BCUT2D eigenvalue weighted by Crippen LogP contribution is 2.07. The molecule has 1 amide bonds. The average molecular weight is 286 g/mol. The highest BCUT2D eigenvalue weighted by Gasteiger charge is 2.20. The molecule has 2 aliphatic rings. The Balaban J connectivity index is 1.52. The minimum atomic E-state index is 0.0161. The van der Waals surface area contributed by atoms with Crippen LogP contribution < -0.4 is 10.6 Å². The van der Waals surface area contributed by atoms with Crippen molar-refractivity contribution < 1.29 is 4.79 Å². The Morgan fingerprint density at radius 3 is 2.84 bits per heavy atom. The summed E-state index contributed by atoms with van der Waals surface area (Å²) in [7, 11) is 2.17. The molecule has 110 valence electrons. The normalized spacial score (nSPS) is 26.3. The van der Waals surface area contributed by atoms with Crippen LogP contribution in [0.15, 0.2) is 0 Å². The topological polar surface area (TPSA) is 47.6 Å². The van der Waals surface area contributed by atoms with Gasteiger partial charge >= 0.3 is 0 Å². The van der Waals surface area contributed by atoms with E-state index in [1.54, 1.807) is 0 Å². The van der Waals surface area contributed by atoms with Gasteiger partial charge in [0, 0.05) is 50.8 Å². The van der Waals surface area contributed by atoms with Crippen molar-refractivity contribution >= 4 is 17.7 Å². The maximum atomic E-state index is 11.9. The lowest BCUT2D eigenvalue weighted by molar-refractivity contribution is -0.122. The summed E-state index contributed by atoms with van der Waals surface area (Å²) in [6.45, 7) is 7.49. The lowest BCUT2D eigenvalue weighted by Crippen LogP contribution is -2.49. The van der Waals surface area contributed by atoms with Crippen LogP contribution in [0.3, 0.4) is 0 Å². The van der Waals surface area contributed by atoms with E-state index in [1.165, 1.54) is 0 Å². The molecule has 1 atom stereocenters. The van der Waals surface area contributed by atoms with Crippen LogP contribution in [0, 0.1) is 0 Å². The molecule has 2 aliphatic heterocycles. The lowest BCUT2D eigenvalue weighted by atomic mass is 10.2. The van der Waals surface area contributed by atoms with E-state index in [0.29, 0.717) is 0 Å². The molecule has 2 heterocycles. The zero-order chi connectivity index (χ0) is 13.5. The summed E-state index contributed by atoms with van der Waals surface area (Å²) >= 11 is 1.86. The van der Waals surface area contributed by atoms with Gasteiger partial charge in [-0.05, 0) is 20.0 Å². The fourth-order valence-electron chi connectivity index (χ4n) is 2.44. The Labute approximate surface area is 120 Å². The van der Waals surface area contributed by atoms with E-state index >= 15 is 0 Å². The number of carbonyl (C=O) groups excluding carboxylic acids is 1. The number of amides is 1. The maximum Gasteiger partial charge on any atom is 0.237 e. The van der Waals surface area contributed by atoms with E-state index in [4.69, 9.17) is 0 Å². The van der Waals surface area contributed by atoms with Gasteiger partial charge in [-0.1, -0.05) is 0 Å². The van der Waals surface area contributed by atoms with Gasteiger partial charge in [-0.25, -0.2) is 0 Å². The zero-order valence-electron chi connectivity index (χ0n) is 11.9. The Bertz CT molecular complexity index is 276. The van der Waals surface area contributed by atoms with Crippen LogP contribution in [0.5, 0.6) is 0 Å². The molecule has 2 saturated heterocycles. The van der Waals surface area contributed by atoms with Crippen molar-refractivity contribution in [1.29, 1.82) is 0 Å². The molecule has 0 aromatic rings. The Morgan fingerprint density at radius 2 is 2.16 bits per heavy atom. The van der Waals surface area contributed by atoms with Gasteiger partial charge in [0.05, 0.1) is 6.04 Å². The molecule has 0 aromatic carbocycles. The van der Waals surface area contributed by atoms with Crippen LogP contribution in [0.4, 0.5) is 0 Å². The Morgan fingerprint density at radius 1 is 1.37 bits per heavy atom. The van der Waals surface area contributed by atoms with Gasteiger partial charge in [0.15, 0.2) is 0 Å². The van der Waals surface area contributed by atoms with Crippen molar-refractivity contribution in [3.05, 3.63) is 0 Å². The quantitative estimate of drug-likeness (QED) is 0.664. The zero-order valence-corrected chi connectivity index (χ0v) is 12.7. The first-order chi connectivity index (χ1) is 9.25. The van der Waals surface area contributed by atoms with Gasteiger partial charge in [-0.2, -0.15) is 11.8 Å². The molecule has 1 unspecified atom stereocenters. The monoisotopic (exact) mass is 286 g/mol. The third-order valence-electron chi connectivity index (χ3n) is 3.78. The minimum Gasteiger partial charge on any atom is -0.355 e. The van der Waals surface area contributed by atoms with Gasteiger partial charge in [-0.3, -0.25) is 4.79 Å². The number of carbonyl (C=O) groups is 1. The number of thioether (sulfide) groups is 1.